The maximum Gasteiger partial charge on any atom is 0.221 e. The summed E-state index contributed by atoms with van der Waals surface area (Å²) in [6.07, 6.45) is 0.403. The molecule has 6 nitrogen and oxygen atoms in total. The maximum absolute atomic E-state index is 8.94. The standard InChI is InChI=1S/C17H22N2O.CH4N2O/c1-12-8-9-17(14(3)10-12)20-11-15-13(2)6-5-7-16(15)19(4)18;2-3-1-4/h5-10H,11,18H2,1-4H3;1H,2H2,(H,3,4). The zero-order valence-electron chi connectivity index (χ0n) is 14.7. The van der Waals surface area contributed by atoms with Crippen LogP contribution in [0.3, 0.4) is 0 Å². The number of benzene rings is 2. The normalized spacial score (nSPS) is 9.58. The van der Waals surface area contributed by atoms with Crippen LogP contribution in [0.5, 0.6) is 5.75 Å². The van der Waals surface area contributed by atoms with Crippen molar-refractivity contribution in [2.45, 2.75) is 27.4 Å². The van der Waals surface area contributed by atoms with Crippen LogP contribution in [0.15, 0.2) is 36.4 Å². The van der Waals surface area contributed by atoms with E-state index in [1.54, 1.807) is 10.4 Å². The molecule has 0 fully saturated rings. The number of hydrogen-bond acceptors (Lipinski definition) is 5. The first-order valence-electron chi connectivity index (χ1n) is 7.57. The van der Waals surface area contributed by atoms with E-state index in [0.717, 1.165) is 22.6 Å². The molecule has 2 aromatic rings. The first-order valence-corrected chi connectivity index (χ1v) is 7.57. The van der Waals surface area contributed by atoms with E-state index in [1.807, 2.05) is 25.2 Å². The average molecular weight is 330 g/mol. The number of ether oxygens (including phenoxy) is 1. The predicted octanol–water partition coefficient (Wildman–Crippen LogP) is 2.11. The molecule has 0 aliphatic carbocycles. The number of nitrogens with zero attached hydrogens (tertiary/aromatic N) is 1. The van der Waals surface area contributed by atoms with E-state index in [1.165, 1.54) is 11.1 Å². The molecule has 0 saturated carbocycles. The Balaban J connectivity index is 0.000000648. The highest BCUT2D eigenvalue weighted by Crippen LogP contribution is 2.25. The van der Waals surface area contributed by atoms with Crippen molar-refractivity contribution in [3.63, 3.8) is 0 Å². The molecule has 0 unspecified atom stereocenters. The molecule has 0 aliphatic heterocycles. The lowest BCUT2D eigenvalue weighted by atomic mass is 10.1. The summed E-state index contributed by atoms with van der Waals surface area (Å²) < 4.78 is 5.97. The van der Waals surface area contributed by atoms with E-state index in [9.17, 15) is 0 Å². The Labute approximate surface area is 143 Å². The largest absolute Gasteiger partial charge is 0.489 e. The smallest absolute Gasteiger partial charge is 0.221 e. The van der Waals surface area contributed by atoms with Crippen molar-refractivity contribution in [1.29, 1.82) is 0 Å². The van der Waals surface area contributed by atoms with Crippen molar-refractivity contribution < 1.29 is 9.53 Å². The average Bonchev–Trinajstić information content (AvgIpc) is 2.55. The summed E-state index contributed by atoms with van der Waals surface area (Å²) in [5.41, 5.74) is 7.45. The lowest BCUT2D eigenvalue weighted by Gasteiger charge is -2.19. The minimum atomic E-state index is 0.403. The molecule has 0 bridgehead atoms. The molecule has 0 aromatic heterocycles. The third kappa shape index (κ3) is 5.57. The molecular weight excluding hydrogens is 304 g/mol. The van der Waals surface area contributed by atoms with Crippen molar-refractivity contribution in [3.05, 3.63) is 58.7 Å². The molecule has 0 radical (unpaired) electrons. The Hall–Kier alpha value is -2.57. The van der Waals surface area contributed by atoms with Crippen LogP contribution in [0.1, 0.15) is 22.3 Å². The number of aryl methyl sites for hydroxylation is 3. The molecular formula is C18H26N4O2. The summed E-state index contributed by atoms with van der Waals surface area (Å²) >= 11 is 0. The summed E-state index contributed by atoms with van der Waals surface area (Å²) in [4.78, 5) is 8.94. The van der Waals surface area contributed by atoms with E-state index in [4.69, 9.17) is 15.4 Å². The summed E-state index contributed by atoms with van der Waals surface area (Å²) in [7, 11) is 1.84. The summed E-state index contributed by atoms with van der Waals surface area (Å²) in [6, 6.07) is 12.3. The van der Waals surface area contributed by atoms with Crippen LogP contribution in [0.25, 0.3) is 0 Å². The minimum absolute atomic E-state index is 0.403. The number of rotatable bonds is 5. The number of nitrogens with one attached hydrogen (secondary N) is 1. The second-order valence-electron chi connectivity index (χ2n) is 5.53. The van der Waals surface area contributed by atoms with Crippen LogP contribution in [0, 0.1) is 20.8 Å². The quantitative estimate of drug-likeness (QED) is 0.338. The summed E-state index contributed by atoms with van der Waals surface area (Å²) in [6.45, 7) is 6.75. The molecule has 0 atom stereocenters. The Morgan fingerprint density at radius 2 is 1.83 bits per heavy atom. The first-order chi connectivity index (χ1) is 11.4. The number of hydrogen-bond donors (Lipinski definition) is 3. The second-order valence-corrected chi connectivity index (χ2v) is 5.53. The van der Waals surface area contributed by atoms with Crippen LogP contribution in [-0.4, -0.2) is 13.5 Å². The number of amides is 1. The fraction of sp³-hybridized carbons (Fsp3) is 0.278. The summed E-state index contributed by atoms with van der Waals surface area (Å²) in [5.74, 6) is 11.2. The third-order valence-corrected chi connectivity index (χ3v) is 3.54. The Morgan fingerprint density at radius 1 is 1.17 bits per heavy atom. The Morgan fingerprint density at radius 3 is 2.38 bits per heavy atom. The zero-order chi connectivity index (χ0) is 18.1. The van der Waals surface area contributed by atoms with Crippen molar-refractivity contribution in [1.82, 2.24) is 5.43 Å². The number of nitrogens with two attached hydrogens (primary N) is 2. The van der Waals surface area contributed by atoms with Crippen LogP contribution in [0.4, 0.5) is 5.69 Å². The SMILES string of the molecule is Cc1ccc(OCc2c(C)cccc2N(C)N)c(C)c1.NNC=O. The fourth-order valence-corrected chi connectivity index (χ4v) is 2.32. The van der Waals surface area contributed by atoms with Gasteiger partial charge < -0.3 is 9.75 Å². The molecule has 130 valence electrons. The summed E-state index contributed by atoms with van der Waals surface area (Å²) in [5, 5.41) is 1.63. The zero-order valence-corrected chi connectivity index (χ0v) is 14.7. The van der Waals surface area contributed by atoms with Gasteiger partial charge in [0, 0.05) is 12.6 Å². The van der Waals surface area contributed by atoms with Gasteiger partial charge in [-0.25, -0.2) is 11.7 Å². The van der Waals surface area contributed by atoms with E-state index >= 15 is 0 Å². The lowest BCUT2D eigenvalue weighted by Crippen LogP contribution is -2.26. The van der Waals surface area contributed by atoms with Crippen LogP contribution in [0.2, 0.25) is 0 Å². The molecule has 5 N–H and O–H groups in total. The molecule has 1 amide bonds. The van der Waals surface area contributed by atoms with Gasteiger partial charge in [0.15, 0.2) is 0 Å². The molecule has 0 heterocycles. The van der Waals surface area contributed by atoms with Gasteiger partial charge in [-0.15, -0.1) is 0 Å². The van der Waals surface area contributed by atoms with Crippen molar-refractivity contribution in [3.8, 4) is 5.75 Å². The highest BCUT2D eigenvalue weighted by atomic mass is 16.5. The van der Waals surface area contributed by atoms with Gasteiger partial charge in [-0.3, -0.25) is 10.2 Å². The molecule has 6 heteroatoms. The minimum Gasteiger partial charge on any atom is -0.489 e. The molecule has 0 saturated heterocycles. The van der Waals surface area contributed by atoms with E-state index < -0.39 is 0 Å². The molecule has 2 rings (SSSR count). The monoisotopic (exact) mass is 330 g/mol. The molecule has 0 aliphatic rings. The Bertz CT molecular complexity index is 672. The van der Waals surface area contributed by atoms with Crippen LogP contribution >= 0.6 is 0 Å². The van der Waals surface area contributed by atoms with E-state index in [2.05, 4.69) is 44.8 Å². The van der Waals surface area contributed by atoms with Crippen molar-refractivity contribution in [2.75, 3.05) is 12.1 Å². The van der Waals surface area contributed by atoms with Gasteiger partial charge in [-0.2, -0.15) is 0 Å². The lowest BCUT2D eigenvalue weighted by molar-refractivity contribution is -0.109. The van der Waals surface area contributed by atoms with Gasteiger partial charge in [-0.05, 0) is 44.0 Å². The van der Waals surface area contributed by atoms with Gasteiger partial charge in [0.05, 0.1) is 5.69 Å². The molecule has 24 heavy (non-hydrogen) atoms. The van der Waals surface area contributed by atoms with Crippen LogP contribution in [-0.2, 0) is 11.4 Å². The number of carbonyl (C=O) groups excluding carboxylic acids is 1. The van der Waals surface area contributed by atoms with Crippen LogP contribution < -0.4 is 26.9 Å². The van der Waals surface area contributed by atoms with Gasteiger partial charge >= 0.3 is 0 Å². The number of carbonyl (C=O) groups is 1. The van der Waals surface area contributed by atoms with Gasteiger partial charge in [-0.1, -0.05) is 29.8 Å². The Kier molecular flexibility index (Phi) is 7.74. The third-order valence-electron chi connectivity index (χ3n) is 3.54. The van der Waals surface area contributed by atoms with Gasteiger partial charge in [0.2, 0.25) is 6.41 Å². The van der Waals surface area contributed by atoms with Crippen molar-refractivity contribution in [2.24, 2.45) is 11.7 Å². The maximum atomic E-state index is 8.94. The van der Waals surface area contributed by atoms with Crippen molar-refractivity contribution >= 4 is 12.1 Å². The highest BCUT2D eigenvalue weighted by molar-refractivity contribution is 5.55. The van der Waals surface area contributed by atoms with E-state index in [0.29, 0.717) is 13.0 Å². The number of hydrazine groups is 2. The predicted molar refractivity (Wildman–Crippen MR) is 97.4 cm³/mol. The van der Waals surface area contributed by atoms with Gasteiger partial charge in [0.25, 0.3) is 0 Å². The first kappa shape index (κ1) is 19.5. The molecule has 2 aromatic carbocycles. The molecule has 0 spiro atoms. The second kappa shape index (κ2) is 9.54. The topological polar surface area (TPSA) is 93.6 Å². The highest BCUT2D eigenvalue weighted by Gasteiger charge is 2.09. The number of anilines is 1. The van der Waals surface area contributed by atoms with E-state index in [-0.39, 0.29) is 0 Å². The fourth-order valence-electron chi connectivity index (χ4n) is 2.32. The van der Waals surface area contributed by atoms with Gasteiger partial charge in [0.1, 0.15) is 12.4 Å².